The van der Waals surface area contributed by atoms with E-state index in [2.05, 4.69) is 46.2 Å². The third kappa shape index (κ3) is 3.86. The minimum Gasteiger partial charge on any atom is -0.355 e. The van der Waals surface area contributed by atoms with Crippen LogP contribution < -0.4 is 4.90 Å². The molecule has 5 nitrogen and oxygen atoms in total. The Kier molecular flexibility index (Phi) is 5.20. The van der Waals surface area contributed by atoms with Crippen LogP contribution in [0.25, 0.3) is 11.5 Å². The highest BCUT2D eigenvalue weighted by Gasteiger charge is 2.19. The largest absolute Gasteiger partial charge is 0.355 e. The van der Waals surface area contributed by atoms with Gasteiger partial charge in [-0.1, -0.05) is 25.4 Å². The summed E-state index contributed by atoms with van der Waals surface area (Å²) in [5.74, 6) is 2.60. The number of rotatable bonds is 4. The van der Waals surface area contributed by atoms with Gasteiger partial charge in [0.05, 0.1) is 0 Å². The standard InChI is InChI=1S/C17H24N4OS/c1-12(2)16-19-17(22-20-16)13-7-8-18-15(10-13)21-9-5-4-6-14(11-21)23-3/h7-8,10,12,14H,4-6,9,11H2,1-3H3. The van der Waals surface area contributed by atoms with E-state index in [1.54, 1.807) is 0 Å². The zero-order valence-corrected chi connectivity index (χ0v) is 14.8. The van der Waals surface area contributed by atoms with Crippen molar-refractivity contribution in [1.82, 2.24) is 15.1 Å². The quantitative estimate of drug-likeness (QED) is 0.844. The lowest BCUT2D eigenvalue weighted by Crippen LogP contribution is -2.30. The van der Waals surface area contributed by atoms with Gasteiger partial charge in [-0.15, -0.1) is 0 Å². The summed E-state index contributed by atoms with van der Waals surface area (Å²) >= 11 is 1.95. The van der Waals surface area contributed by atoms with Crippen molar-refractivity contribution >= 4 is 17.6 Å². The van der Waals surface area contributed by atoms with Gasteiger partial charge in [-0.25, -0.2) is 4.98 Å². The van der Waals surface area contributed by atoms with Crippen LogP contribution in [0.5, 0.6) is 0 Å². The molecule has 0 bridgehead atoms. The SMILES string of the molecule is CSC1CCCCN(c2cc(-c3nc(C(C)C)no3)ccn2)C1. The molecule has 0 spiro atoms. The summed E-state index contributed by atoms with van der Waals surface area (Å²) in [5, 5.41) is 4.73. The van der Waals surface area contributed by atoms with Crippen LogP contribution in [0.4, 0.5) is 5.82 Å². The molecule has 124 valence electrons. The molecule has 0 radical (unpaired) electrons. The van der Waals surface area contributed by atoms with Gasteiger partial charge in [-0.3, -0.25) is 0 Å². The van der Waals surface area contributed by atoms with Crippen molar-refractivity contribution < 1.29 is 4.52 Å². The van der Waals surface area contributed by atoms with Crippen molar-refractivity contribution in [2.24, 2.45) is 0 Å². The van der Waals surface area contributed by atoms with E-state index in [4.69, 9.17) is 4.52 Å². The summed E-state index contributed by atoms with van der Waals surface area (Å²) in [5.41, 5.74) is 0.944. The molecule has 3 heterocycles. The summed E-state index contributed by atoms with van der Waals surface area (Å²) < 4.78 is 5.41. The molecule has 0 N–H and O–H groups in total. The van der Waals surface area contributed by atoms with E-state index in [1.165, 1.54) is 19.3 Å². The van der Waals surface area contributed by atoms with E-state index < -0.39 is 0 Å². The number of aromatic nitrogens is 3. The van der Waals surface area contributed by atoms with Crippen LogP contribution in [0, 0.1) is 0 Å². The van der Waals surface area contributed by atoms with Gasteiger partial charge in [0.25, 0.3) is 5.89 Å². The highest BCUT2D eigenvalue weighted by Crippen LogP contribution is 2.27. The molecular formula is C17H24N4OS. The molecule has 0 aliphatic carbocycles. The molecule has 23 heavy (non-hydrogen) atoms. The fourth-order valence-electron chi connectivity index (χ4n) is 2.81. The monoisotopic (exact) mass is 332 g/mol. The van der Waals surface area contributed by atoms with Gasteiger partial charge in [-0.05, 0) is 31.2 Å². The molecule has 1 aliphatic heterocycles. The fourth-order valence-corrected chi connectivity index (χ4v) is 3.55. The van der Waals surface area contributed by atoms with Crippen molar-refractivity contribution in [2.45, 2.75) is 44.3 Å². The van der Waals surface area contributed by atoms with Gasteiger partial charge in [0, 0.05) is 36.0 Å². The zero-order chi connectivity index (χ0) is 16.2. The lowest BCUT2D eigenvalue weighted by atomic mass is 10.2. The molecule has 1 atom stereocenters. The fraction of sp³-hybridized carbons (Fsp3) is 0.588. The zero-order valence-electron chi connectivity index (χ0n) is 14.0. The first kappa shape index (κ1) is 16.3. The molecule has 0 saturated carbocycles. The second-order valence-corrected chi connectivity index (χ2v) is 7.45. The average Bonchev–Trinajstić information content (AvgIpc) is 2.94. The number of pyridine rings is 1. The molecule has 1 fully saturated rings. The number of hydrogen-bond donors (Lipinski definition) is 0. The molecular weight excluding hydrogens is 308 g/mol. The molecule has 1 unspecified atom stereocenters. The van der Waals surface area contributed by atoms with Crippen molar-refractivity contribution in [3.8, 4) is 11.5 Å². The topological polar surface area (TPSA) is 55.1 Å². The van der Waals surface area contributed by atoms with Crippen molar-refractivity contribution in [2.75, 3.05) is 24.2 Å². The Balaban J connectivity index is 1.83. The van der Waals surface area contributed by atoms with Gasteiger partial charge in [0.2, 0.25) is 0 Å². The van der Waals surface area contributed by atoms with Gasteiger partial charge in [0.1, 0.15) is 5.82 Å². The van der Waals surface area contributed by atoms with Crippen LogP contribution >= 0.6 is 11.8 Å². The first-order valence-corrected chi connectivity index (χ1v) is 9.54. The molecule has 1 aliphatic rings. The van der Waals surface area contributed by atoms with Crippen LogP contribution in [-0.4, -0.2) is 39.7 Å². The maximum Gasteiger partial charge on any atom is 0.258 e. The van der Waals surface area contributed by atoms with Gasteiger partial charge < -0.3 is 9.42 Å². The smallest absolute Gasteiger partial charge is 0.258 e. The lowest BCUT2D eigenvalue weighted by molar-refractivity contribution is 0.419. The first-order valence-electron chi connectivity index (χ1n) is 8.25. The Morgan fingerprint density at radius 3 is 2.96 bits per heavy atom. The Morgan fingerprint density at radius 1 is 1.35 bits per heavy atom. The van der Waals surface area contributed by atoms with Gasteiger partial charge in [0.15, 0.2) is 5.82 Å². The van der Waals surface area contributed by atoms with Crippen LogP contribution in [-0.2, 0) is 0 Å². The highest BCUT2D eigenvalue weighted by molar-refractivity contribution is 7.99. The summed E-state index contributed by atoms with van der Waals surface area (Å²) in [7, 11) is 0. The second-order valence-electron chi connectivity index (χ2n) is 6.31. The maximum absolute atomic E-state index is 5.41. The molecule has 1 saturated heterocycles. The normalized spacial score (nSPS) is 19.1. The average molecular weight is 332 g/mol. The Labute approximate surface area is 141 Å². The molecule has 6 heteroatoms. The number of anilines is 1. The molecule has 0 aromatic carbocycles. The Bertz CT molecular complexity index is 643. The predicted molar refractivity (Wildman–Crippen MR) is 95.0 cm³/mol. The molecule has 2 aromatic rings. The highest BCUT2D eigenvalue weighted by atomic mass is 32.2. The minimum atomic E-state index is 0.266. The van der Waals surface area contributed by atoms with Gasteiger partial charge in [-0.2, -0.15) is 16.7 Å². The maximum atomic E-state index is 5.41. The van der Waals surface area contributed by atoms with Gasteiger partial charge >= 0.3 is 0 Å². The van der Waals surface area contributed by atoms with E-state index in [1.807, 2.05) is 24.0 Å². The summed E-state index contributed by atoms with van der Waals surface area (Å²) in [6, 6.07) is 4.01. The number of hydrogen-bond acceptors (Lipinski definition) is 6. The van der Waals surface area contributed by atoms with Crippen molar-refractivity contribution in [1.29, 1.82) is 0 Å². The lowest BCUT2D eigenvalue weighted by Gasteiger charge is -2.24. The summed E-state index contributed by atoms with van der Waals surface area (Å²) in [6.45, 7) is 6.24. The number of thioether (sulfide) groups is 1. The van der Waals surface area contributed by atoms with Crippen LogP contribution in [0.2, 0.25) is 0 Å². The van der Waals surface area contributed by atoms with E-state index in [0.29, 0.717) is 11.1 Å². The molecule has 3 rings (SSSR count). The van der Waals surface area contributed by atoms with E-state index >= 15 is 0 Å². The Morgan fingerprint density at radius 2 is 2.22 bits per heavy atom. The minimum absolute atomic E-state index is 0.266. The van der Waals surface area contributed by atoms with E-state index in [0.717, 1.165) is 30.3 Å². The first-order chi connectivity index (χ1) is 11.2. The molecule has 2 aromatic heterocycles. The van der Waals surface area contributed by atoms with Crippen LogP contribution in [0.3, 0.4) is 0 Å². The molecule has 0 amide bonds. The predicted octanol–water partition coefficient (Wildman–Crippen LogP) is 3.98. The third-order valence-electron chi connectivity index (χ3n) is 4.24. The van der Waals surface area contributed by atoms with Crippen LogP contribution in [0.15, 0.2) is 22.9 Å². The van der Waals surface area contributed by atoms with Crippen molar-refractivity contribution in [3.05, 3.63) is 24.2 Å². The summed E-state index contributed by atoms with van der Waals surface area (Å²) in [4.78, 5) is 11.4. The second kappa shape index (κ2) is 7.34. The van der Waals surface area contributed by atoms with E-state index in [-0.39, 0.29) is 5.92 Å². The Hall–Kier alpha value is -1.56. The summed E-state index contributed by atoms with van der Waals surface area (Å²) in [6.07, 6.45) is 7.84. The van der Waals surface area contributed by atoms with Crippen molar-refractivity contribution in [3.63, 3.8) is 0 Å². The van der Waals surface area contributed by atoms with E-state index in [9.17, 15) is 0 Å². The van der Waals surface area contributed by atoms with Crippen LogP contribution in [0.1, 0.15) is 44.9 Å². The number of nitrogens with zero attached hydrogens (tertiary/aromatic N) is 4. The third-order valence-corrected chi connectivity index (χ3v) is 5.29.